The highest BCUT2D eigenvalue weighted by Crippen LogP contribution is 2.64. The first-order valence-corrected chi connectivity index (χ1v) is 31.1. The third kappa shape index (κ3) is 15.2. The van der Waals surface area contributed by atoms with E-state index in [1.54, 1.807) is 97.1 Å². The molecular weight excluding hydrogens is 1220 g/mol. The Labute approximate surface area is 543 Å². The number of rotatable bonds is 25. The molecule has 94 heavy (non-hydrogen) atoms. The molecule has 1 heterocycles. The average Bonchev–Trinajstić information content (AvgIpc) is 0.670. The van der Waals surface area contributed by atoms with Crippen molar-refractivity contribution in [3.63, 3.8) is 0 Å². The van der Waals surface area contributed by atoms with Crippen LogP contribution in [0.2, 0.25) is 0 Å². The molecule has 0 radical (unpaired) electrons. The summed E-state index contributed by atoms with van der Waals surface area (Å²) < 4.78 is 37.0. The smallest absolute Gasteiger partial charge is 0.350 e. The van der Waals surface area contributed by atoms with Gasteiger partial charge < -0.3 is 71.0 Å². The lowest BCUT2D eigenvalue weighted by Gasteiger charge is -2.67. The summed E-state index contributed by atoms with van der Waals surface area (Å²) in [6.07, 6.45) is -11.9. The number of hydrogen-bond donors (Lipinski definition) is 8. The maximum Gasteiger partial charge on any atom is 0.350 e. The third-order valence-electron chi connectivity index (χ3n) is 18.3. The molecule has 2 unspecified atom stereocenters. The van der Waals surface area contributed by atoms with Crippen LogP contribution in [-0.4, -0.2) is 162 Å². The molecule has 4 aromatic carbocycles. The molecule has 25 heteroatoms. The molecule has 1 saturated heterocycles. The van der Waals surface area contributed by atoms with Crippen molar-refractivity contribution in [3.8, 4) is 0 Å². The fourth-order valence-electron chi connectivity index (χ4n) is 13.4. The number of nitrogens with one attached hydrogen (secondary N) is 5. The van der Waals surface area contributed by atoms with Gasteiger partial charge in [0.1, 0.15) is 42.0 Å². The van der Waals surface area contributed by atoms with Gasteiger partial charge in [-0.3, -0.25) is 43.2 Å². The topological polar surface area (TPSA) is 370 Å². The van der Waals surface area contributed by atoms with Gasteiger partial charge in [-0.25, -0.2) is 9.59 Å². The van der Waals surface area contributed by atoms with Gasteiger partial charge >= 0.3 is 29.8 Å². The SMILES string of the molecule is CC(=O)O[C@H]1C(=O)[C@@]2(C)C(C(OC(=O)c3ccccc3)[C@]3(O)C[C@H](OC(=O)[C@H](OC(=O)CCNC(=O)CNC(=O)[C@H](CC(C)C)NC(=O)[C@H](Cc4ccccc4)NC(=O)CN)[C@@H](NC(=O)c4ccccc4)c4ccccc4)C(C)=C1C3(C)C)[C@]1(OC(C)=O)CO[C@@H]1C[C@@H]2O. The number of nitrogens with two attached hydrogens (primary N) is 1. The molecule has 1 aliphatic heterocycles. The molecule has 2 bridgehead atoms. The number of benzene rings is 4. The van der Waals surface area contributed by atoms with Crippen molar-refractivity contribution in [1.29, 1.82) is 0 Å². The monoisotopic (exact) mass is 1300 g/mol. The van der Waals surface area contributed by atoms with E-state index in [0.717, 1.165) is 19.4 Å². The summed E-state index contributed by atoms with van der Waals surface area (Å²) in [4.78, 5) is 154. The lowest BCUT2D eigenvalue weighted by Crippen LogP contribution is -2.82. The van der Waals surface area contributed by atoms with E-state index >= 15 is 9.59 Å². The van der Waals surface area contributed by atoms with E-state index in [1.165, 1.54) is 52.0 Å². The molecule has 2 saturated carbocycles. The predicted molar refractivity (Wildman–Crippen MR) is 335 cm³/mol. The summed E-state index contributed by atoms with van der Waals surface area (Å²) in [6, 6.07) is 28.5. The number of esters is 5. The van der Waals surface area contributed by atoms with Crippen LogP contribution in [-0.2, 0) is 78.0 Å². The van der Waals surface area contributed by atoms with Crippen LogP contribution in [0.15, 0.2) is 132 Å². The van der Waals surface area contributed by atoms with E-state index in [4.69, 9.17) is 34.2 Å². The van der Waals surface area contributed by atoms with Gasteiger partial charge in [0.15, 0.2) is 17.5 Å². The van der Waals surface area contributed by atoms with Crippen LogP contribution in [0, 0.1) is 22.7 Å². The van der Waals surface area contributed by atoms with Crippen LogP contribution in [0.4, 0.5) is 0 Å². The number of carbonyl (C=O) groups is 11. The molecule has 13 atom stereocenters. The summed E-state index contributed by atoms with van der Waals surface area (Å²) in [5, 5.41) is 39.5. The molecule has 5 amide bonds. The number of hydrogen-bond acceptors (Lipinski definition) is 20. The fraction of sp³-hybridized carbons (Fsp3) is 0.464. The average molecular weight is 1300 g/mol. The Morgan fingerprint density at radius 1 is 0.723 bits per heavy atom. The first-order chi connectivity index (χ1) is 44.6. The molecule has 3 fully saturated rings. The minimum Gasteiger partial charge on any atom is -0.455 e. The van der Waals surface area contributed by atoms with Crippen LogP contribution in [0.1, 0.15) is 119 Å². The molecule has 502 valence electrons. The Kier molecular flexibility index (Phi) is 22.4. The first-order valence-electron chi connectivity index (χ1n) is 31.1. The number of aliphatic hydroxyl groups is 2. The maximum atomic E-state index is 15.9. The lowest BCUT2D eigenvalue weighted by molar-refractivity contribution is -0.346. The fourth-order valence-corrected chi connectivity index (χ4v) is 13.4. The van der Waals surface area contributed by atoms with Crippen molar-refractivity contribution in [2.75, 3.05) is 26.2 Å². The summed E-state index contributed by atoms with van der Waals surface area (Å²) in [7, 11) is 0. The summed E-state index contributed by atoms with van der Waals surface area (Å²) in [6.45, 7) is 9.79. The van der Waals surface area contributed by atoms with Gasteiger partial charge in [0.2, 0.25) is 29.7 Å². The van der Waals surface area contributed by atoms with E-state index in [9.17, 15) is 53.4 Å². The Hall–Kier alpha value is -9.17. The number of aliphatic hydroxyl groups excluding tert-OH is 1. The molecule has 0 aromatic heterocycles. The second kappa shape index (κ2) is 29.8. The Bertz CT molecular complexity index is 3520. The van der Waals surface area contributed by atoms with E-state index in [-0.39, 0.29) is 59.6 Å². The van der Waals surface area contributed by atoms with Crippen molar-refractivity contribution in [2.45, 2.75) is 153 Å². The number of ether oxygens (including phenoxy) is 6. The Balaban J connectivity index is 1.11. The molecular formula is C69H82N6O19. The highest BCUT2D eigenvalue weighted by atomic mass is 16.6. The quantitative estimate of drug-likeness (QED) is 0.0268. The van der Waals surface area contributed by atoms with Crippen LogP contribution in [0.25, 0.3) is 0 Å². The van der Waals surface area contributed by atoms with Crippen molar-refractivity contribution >= 4 is 65.2 Å². The number of amides is 5. The normalized spacial score (nSPS) is 25.4. The van der Waals surface area contributed by atoms with Gasteiger partial charge in [0.25, 0.3) is 5.91 Å². The number of ketones is 1. The number of carbonyl (C=O) groups excluding carboxylic acids is 11. The van der Waals surface area contributed by atoms with Gasteiger partial charge in [-0.15, -0.1) is 0 Å². The predicted octanol–water partition coefficient (Wildman–Crippen LogP) is 3.13. The van der Waals surface area contributed by atoms with Crippen LogP contribution < -0.4 is 32.3 Å². The van der Waals surface area contributed by atoms with Gasteiger partial charge in [0.05, 0.1) is 49.1 Å². The van der Waals surface area contributed by atoms with Crippen molar-refractivity contribution in [2.24, 2.45) is 28.4 Å². The summed E-state index contributed by atoms with van der Waals surface area (Å²) >= 11 is 0. The number of Topliss-reactive ketones (excluding diaryl/α,β-unsaturated/α-hetero) is 1. The van der Waals surface area contributed by atoms with Crippen LogP contribution >= 0.6 is 0 Å². The maximum absolute atomic E-state index is 15.9. The second-order valence-corrected chi connectivity index (χ2v) is 25.3. The molecule has 4 aromatic rings. The van der Waals surface area contributed by atoms with Gasteiger partial charge in [-0.2, -0.15) is 0 Å². The van der Waals surface area contributed by atoms with Gasteiger partial charge in [-0.05, 0) is 72.7 Å². The molecule has 25 nitrogen and oxygen atoms in total. The van der Waals surface area contributed by atoms with Gasteiger partial charge in [0, 0.05) is 50.6 Å². The summed E-state index contributed by atoms with van der Waals surface area (Å²) in [5.41, 5.74) is -1.87. The van der Waals surface area contributed by atoms with E-state index < -0.39 is 180 Å². The van der Waals surface area contributed by atoms with Crippen molar-refractivity contribution < 1.29 is 91.4 Å². The van der Waals surface area contributed by atoms with Crippen LogP contribution in [0.3, 0.4) is 0 Å². The molecule has 4 aliphatic rings. The zero-order valence-electron chi connectivity index (χ0n) is 53.7. The Morgan fingerprint density at radius 2 is 1.33 bits per heavy atom. The third-order valence-corrected chi connectivity index (χ3v) is 18.3. The number of fused-ring (bicyclic) bond motifs is 5. The van der Waals surface area contributed by atoms with Crippen LogP contribution in [0.5, 0.6) is 0 Å². The van der Waals surface area contributed by atoms with E-state index in [2.05, 4.69) is 26.6 Å². The highest BCUT2D eigenvalue weighted by molar-refractivity contribution is 5.97. The molecule has 8 rings (SSSR count). The van der Waals surface area contributed by atoms with E-state index in [0.29, 0.717) is 0 Å². The van der Waals surface area contributed by atoms with E-state index in [1.807, 2.05) is 13.8 Å². The molecule has 9 N–H and O–H groups in total. The summed E-state index contributed by atoms with van der Waals surface area (Å²) in [5.74, 6) is -11.5. The zero-order chi connectivity index (χ0) is 68.5. The first kappa shape index (κ1) is 70.7. The largest absolute Gasteiger partial charge is 0.455 e. The highest BCUT2D eigenvalue weighted by Gasteiger charge is 2.78. The Morgan fingerprint density at radius 3 is 1.90 bits per heavy atom. The van der Waals surface area contributed by atoms with Crippen molar-refractivity contribution in [1.82, 2.24) is 26.6 Å². The molecule has 3 aliphatic carbocycles. The standard InChI is InChI=1S/C69H82N6O19/c1-38(2)31-46(74-63(85)47(73-51(79)35-70)32-42-21-13-9-14-22-42)62(84)72-36-52(80)71-30-29-53(81)92-57(55(43-23-15-10-16-24-43)75-61(83)44-25-17-11-18-26-44)65(87)91-48-34-69(88)60(93-64(86)45-27-19-12-20-28-45)58-67(8,49(78)33-50-68(58,37-89-50)94-41(5)77)59(82)56(90-40(4)76)54(39(48)3)66(69,6)7/h9-28,38,46-50,55-58,60,78,88H,29-37,70H2,1-8H3,(H,71,80)(H,72,84)(H,73,79)(H,74,85)(H,75,83)/t46-,47-,48-,49-,50+,55-,56+,57+,58?,60?,67+,68-,69+/m0/s1. The molecule has 0 spiro atoms. The second-order valence-electron chi connectivity index (χ2n) is 25.3. The van der Waals surface area contributed by atoms with Crippen molar-refractivity contribution in [3.05, 3.63) is 155 Å². The minimum absolute atomic E-state index is 0.00264. The lowest BCUT2D eigenvalue weighted by atomic mass is 9.44. The van der Waals surface area contributed by atoms with Gasteiger partial charge in [-0.1, -0.05) is 125 Å². The zero-order valence-corrected chi connectivity index (χ0v) is 53.7. The minimum atomic E-state index is -2.56.